The molecule has 0 aliphatic heterocycles. The minimum absolute atomic E-state index is 0. The number of hydrogen-bond acceptors (Lipinski definition) is 10. The van der Waals surface area contributed by atoms with Crippen molar-refractivity contribution in [1.82, 2.24) is 0 Å². The van der Waals surface area contributed by atoms with E-state index in [-0.39, 0.29) is 70.4 Å². The first-order valence-corrected chi connectivity index (χ1v) is 12.1. The van der Waals surface area contributed by atoms with Crippen molar-refractivity contribution >= 4 is 76.0 Å². The maximum absolute atomic E-state index is 11.6. The van der Waals surface area contributed by atoms with E-state index >= 15 is 0 Å². The van der Waals surface area contributed by atoms with Crippen LogP contribution in [0.4, 0.5) is 11.4 Å². The molecule has 8 nitrogen and oxygen atoms in total. The summed E-state index contributed by atoms with van der Waals surface area (Å²) in [6.45, 7) is 7.06. The first-order chi connectivity index (χ1) is 15.8. The Morgan fingerprint density at radius 1 is 0.971 bits per heavy atom. The van der Waals surface area contributed by atoms with Gasteiger partial charge in [-0.2, -0.15) is 4.33 Å². The van der Waals surface area contributed by atoms with E-state index in [1.54, 1.807) is 36.6 Å². The third-order valence-electron chi connectivity index (χ3n) is 4.23. The van der Waals surface area contributed by atoms with Crippen molar-refractivity contribution < 1.29 is 86.7 Å². The zero-order valence-corrected chi connectivity index (χ0v) is 25.4. The zero-order valence-electron chi connectivity index (χ0n) is 18.9. The van der Waals surface area contributed by atoms with E-state index in [4.69, 9.17) is 0 Å². The maximum Gasteiger partial charge on any atom is 1.00 e. The van der Waals surface area contributed by atoms with Gasteiger partial charge in [0.25, 0.3) is 0 Å². The smallest absolute Gasteiger partial charge is 0.744 e. The van der Waals surface area contributed by atoms with Crippen LogP contribution in [0.25, 0.3) is 18.2 Å². The summed E-state index contributed by atoms with van der Waals surface area (Å²) < 4.78 is 39.4. The molecule has 0 N–H and O–H groups in total. The van der Waals surface area contributed by atoms with Gasteiger partial charge in [-0.1, -0.05) is 36.9 Å². The SMILES string of the molecule is C=Cc1ccc(C=Nc2ccc(/C=C/c3ccc(N=C)cc3S(=O)(=O)[O-])c(SOO[O-])c2)s1.[Na+].[Na+]. The van der Waals surface area contributed by atoms with E-state index in [0.717, 1.165) is 15.8 Å². The van der Waals surface area contributed by atoms with E-state index in [2.05, 4.69) is 32.7 Å². The summed E-state index contributed by atoms with van der Waals surface area (Å²) in [6.07, 6.45) is 6.48. The second kappa shape index (κ2) is 15.4. The number of rotatable bonds is 10. The molecule has 3 aromatic rings. The average molecular weight is 547 g/mol. The van der Waals surface area contributed by atoms with Crippen LogP contribution in [0.1, 0.15) is 20.9 Å². The van der Waals surface area contributed by atoms with Gasteiger partial charge in [0.05, 0.1) is 28.3 Å². The van der Waals surface area contributed by atoms with Gasteiger partial charge in [-0.15, -0.1) is 11.3 Å². The van der Waals surface area contributed by atoms with Crippen molar-refractivity contribution in [2.45, 2.75) is 9.79 Å². The standard InChI is InChI=1S/C22H18N2O6S3.2Na/c1-3-19-10-11-20(31-19)14-24-18-9-6-15(21(12-18)32-30-29-25)4-5-16-7-8-17(23-2)13-22(16)33(26,27)28;;/h3-14,25H,1-2H2,(H,26,27,28);;/q;2*+1/p-2/b5-4+,24-14?;;. The molecule has 1 heterocycles. The molecule has 0 saturated heterocycles. The van der Waals surface area contributed by atoms with Gasteiger partial charge in [-0.25, -0.2) is 8.42 Å². The van der Waals surface area contributed by atoms with Crippen LogP contribution in [-0.2, 0) is 19.5 Å². The van der Waals surface area contributed by atoms with Crippen LogP contribution < -0.4 is 64.4 Å². The largest absolute Gasteiger partial charge is 1.00 e. The molecule has 0 bridgehead atoms. The van der Waals surface area contributed by atoms with Crippen LogP contribution in [0.2, 0.25) is 0 Å². The fraction of sp³-hybridized carbons (Fsp3) is 0. The summed E-state index contributed by atoms with van der Waals surface area (Å²) in [7, 11) is -4.74. The molecule has 170 valence electrons. The Hall–Kier alpha value is -0.900. The minimum atomic E-state index is -4.74. The average Bonchev–Trinajstić information content (AvgIpc) is 3.28. The molecule has 0 saturated carbocycles. The quantitative estimate of drug-likeness (QED) is 0.0595. The summed E-state index contributed by atoms with van der Waals surface area (Å²) in [6, 6.07) is 13.1. The predicted octanol–water partition coefficient (Wildman–Crippen LogP) is -1.21. The van der Waals surface area contributed by atoms with Crippen LogP contribution in [-0.4, -0.2) is 25.9 Å². The van der Waals surface area contributed by atoms with Crippen molar-refractivity contribution in [2.24, 2.45) is 9.98 Å². The van der Waals surface area contributed by atoms with Gasteiger partial charge in [0.15, 0.2) is 0 Å². The van der Waals surface area contributed by atoms with Gasteiger partial charge >= 0.3 is 59.1 Å². The van der Waals surface area contributed by atoms with Gasteiger partial charge in [0.2, 0.25) is 0 Å². The van der Waals surface area contributed by atoms with Gasteiger partial charge in [0.1, 0.15) is 10.1 Å². The summed E-state index contributed by atoms with van der Waals surface area (Å²) in [4.78, 5) is 10.1. The minimum Gasteiger partial charge on any atom is -0.744 e. The third kappa shape index (κ3) is 9.48. The first-order valence-electron chi connectivity index (χ1n) is 9.12. The summed E-state index contributed by atoms with van der Waals surface area (Å²) in [5.41, 5.74) is 1.59. The number of nitrogens with zero attached hydrogens (tertiary/aromatic N) is 2. The molecule has 1 aromatic heterocycles. The van der Waals surface area contributed by atoms with Crippen molar-refractivity contribution in [2.75, 3.05) is 0 Å². The Bertz CT molecular complexity index is 1340. The van der Waals surface area contributed by atoms with Crippen LogP contribution in [0.5, 0.6) is 0 Å². The van der Waals surface area contributed by atoms with E-state index in [9.17, 15) is 18.2 Å². The van der Waals surface area contributed by atoms with Crippen LogP contribution in [0.15, 0.2) is 74.9 Å². The maximum atomic E-state index is 11.6. The molecule has 2 aromatic carbocycles. The van der Waals surface area contributed by atoms with E-state index in [1.165, 1.54) is 29.5 Å². The number of thiophene rings is 1. The van der Waals surface area contributed by atoms with Crippen molar-refractivity contribution in [3.63, 3.8) is 0 Å². The molecule has 35 heavy (non-hydrogen) atoms. The van der Waals surface area contributed by atoms with Gasteiger partial charge in [0, 0.05) is 20.9 Å². The van der Waals surface area contributed by atoms with E-state index in [1.807, 2.05) is 12.1 Å². The van der Waals surface area contributed by atoms with Crippen LogP contribution >= 0.6 is 23.4 Å². The Morgan fingerprint density at radius 2 is 1.63 bits per heavy atom. The Morgan fingerprint density at radius 3 is 2.26 bits per heavy atom. The van der Waals surface area contributed by atoms with Crippen LogP contribution in [0, 0.1) is 0 Å². The fourth-order valence-corrected chi connectivity index (χ4v) is 4.63. The monoisotopic (exact) mass is 546 g/mol. The molecule has 0 amide bonds. The topological polar surface area (TPSA) is 123 Å². The molecule has 0 fully saturated rings. The second-order valence-electron chi connectivity index (χ2n) is 6.31. The van der Waals surface area contributed by atoms with Gasteiger partial charge in [-0.05, 0) is 54.2 Å². The second-order valence-corrected chi connectivity index (χ2v) is 9.55. The number of hydrogen-bond donors (Lipinski definition) is 0. The predicted molar refractivity (Wildman–Crippen MR) is 129 cm³/mol. The van der Waals surface area contributed by atoms with E-state index < -0.39 is 15.0 Å². The molecular formula is C22H16N2Na2O6S3. The molecule has 3 rings (SSSR count). The molecule has 13 heteroatoms. The number of aliphatic imine (C=N–C) groups is 2. The van der Waals surface area contributed by atoms with E-state index in [0.29, 0.717) is 28.2 Å². The Balaban J connectivity index is 0.00000306. The molecule has 0 radical (unpaired) electrons. The van der Waals surface area contributed by atoms with Crippen molar-refractivity contribution in [1.29, 1.82) is 0 Å². The first kappa shape index (κ1) is 32.1. The Kier molecular flexibility index (Phi) is 14.1. The Labute approximate surface area is 255 Å². The zero-order chi connectivity index (χ0) is 23.8. The fourth-order valence-electron chi connectivity index (χ4n) is 2.70. The summed E-state index contributed by atoms with van der Waals surface area (Å²) >= 11 is 2.20. The molecule has 0 spiro atoms. The van der Waals surface area contributed by atoms with Gasteiger partial charge < -0.3 is 9.81 Å². The summed E-state index contributed by atoms with van der Waals surface area (Å²) in [5.74, 6) is 0. The summed E-state index contributed by atoms with van der Waals surface area (Å²) in [5, 5.41) is 13.8. The molecule has 0 aliphatic carbocycles. The third-order valence-corrected chi connectivity index (χ3v) is 6.79. The number of benzene rings is 2. The molecule has 0 atom stereocenters. The van der Waals surface area contributed by atoms with Crippen molar-refractivity contribution in [3.05, 3.63) is 76.0 Å². The van der Waals surface area contributed by atoms with Gasteiger partial charge in [-0.3, -0.25) is 15.0 Å². The molecule has 0 unspecified atom stereocenters. The normalized spacial score (nSPS) is 11.3. The molecule has 0 aliphatic rings. The van der Waals surface area contributed by atoms with Crippen molar-refractivity contribution in [3.8, 4) is 0 Å². The molecular weight excluding hydrogens is 530 g/mol. The van der Waals surface area contributed by atoms with Crippen LogP contribution in [0.3, 0.4) is 0 Å².